The Bertz CT molecular complexity index is 619. The topological polar surface area (TPSA) is 55.1 Å². The molecule has 0 aliphatic rings. The fourth-order valence-corrected chi connectivity index (χ4v) is 3.33. The smallest absolute Gasteiger partial charge is 0.224 e. The zero-order valence-corrected chi connectivity index (χ0v) is 13.9. The molecule has 2 aromatic rings. The van der Waals surface area contributed by atoms with E-state index in [4.69, 9.17) is 5.73 Å². The van der Waals surface area contributed by atoms with Crippen LogP contribution in [0.15, 0.2) is 57.9 Å². The molecular formula is C16H17BrN2OS. The number of benzene rings is 2. The van der Waals surface area contributed by atoms with Gasteiger partial charge in [0.25, 0.3) is 0 Å². The van der Waals surface area contributed by atoms with E-state index in [-0.39, 0.29) is 5.91 Å². The van der Waals surface area contributed by atoms with Gasteiger partial charge in [-0.15, -0.1) is 11.8 Å². The average Bonchev–Trinajstić information content (AvgIpc) is 2.45. The quantitative estimate of drug-likeness (QED) is 0.449. The fourth-order valence-electron chi connectivity index (χ4n) is 1.82. The number of rotatable bonds is 6. The SMILES string of the molecule is Nc1cccc(NC(=O)CCCSc2ccccc2Br)c1. The molecular weight excluding hydrogens is 348 g/mol. The molecule has 5 heteroatoms. The molecule has 2 rings (SSSR count). The van der Waals surface area contributed by atoms with Gasteiger partial charge in [0.05, 0.1) is 0 Å². The predicted molar refractivity (Wildman–Crippen MR) is 93.6 cm³/mol. The Labute approximate surface area is 137 Å². The predicted octanol–water partition coefficient (Wildman–Crippen LogP) is 4.54. The number of nitrogen functional groups attached to an aromatic ring is 1. The summed E-state index contributed by atoms with van der Waals surface area (Å²) in [5, 5.41) is 2.86. The standard InChI is InChI=1S/C16H17BrN2OS/c17-14-7-1-2-8-15(14)21-10-4-9-16(20)19-13-6-3-5-12(18)11-13/h1-3,5-8,11H,4,9-10,18H2,(H,19,20). The van der Waals surface area contributed by atoms with Crippen molar-refractivity contribution < 1.29 is 4.79 Å². The summed E-state index contributed by atoms with van der Waals surface area (Å²) >= 11 is 5.27. The number of amides is 1. The fraction of sp³-hybridized carbons (Fsp3) is 0.188. The van der Waals surface area contributed by atoms with Gasteiger partial charge >= 0.3 is 0 Å². The molecule has 21 heavy (non-hydrogen) atoms. The van der Waals surface area contributed by atoms with Crippen molar-refractivity contribution in [1.82, 2.24) is 0 Å². The van der Waals surface area contributed by atoms with Gasteiger partial charge in [-0.2, -0.15) is 0 Å². The number of thioether (sulfide) groups is 1. The van der Waals surface area contributed by atoms with E-state index >= 15 is 0 Å². The Morgan fingerprint density at radius 3 is 2.76 bits per heavy atom. The third-order valence-electron chi connectivity index (χ3n) is 2.81. The maximum atomic E-state index is 11.8. The van der Waals surface area contributed by atoms with Crippen molar-refractivity contribution in [3.8, 4) is 0 Å². The summed E-state index contributed by atoms with van der Waals surface area (Å²) in [6.07, 6.45) is 1.34. The van der Waals surface area contributed by atoms with E-state index in [0.29, 0.717) is 12.1 Å². The summed E-state index contributed by atoms with van der Waals surface area (Å²) in [6, 6.07) is 15.3. The summed E-state index contributed by atoms with van der Waals surface area (Å²) in [5.74, 6) is 0.931. The van der Waals surface area contributed by atoms with E-state index in [1.807, 2.05) is 30.3 Å². The Balaban J connectivity index is 1.71. The maximum Gasteiger partial charge on any atom is 0.224 e. The van der Waals surface area contributed by atoms with Crippen LogP contribution in [0.25, 0.3) is 0 Å². The summed E-state index contributed by atoms with van der Waals surface area (Å²) in [6.45, 7) is 0. The number of nitrogens with two attached hydrogens (primary N) is 1. The highest BCUT2D eigenvalue weighted by molar-refractivity contribution is 9.10. The van der Waals surface area contributed by atoms with Gasteiger partial charge in [0.1, 0.15) is 0 Å². The highest BCUT2D eigenvalue weighted by Gasteiger charge is 2.04. The molecule has 0 aliphatic heterocycles. The van der Waals surface area contributed by atoms with Gasteiger partial charge in [0.15, 0.2) is 0 Å². The second-order valence-corrected chi connectivity index (χ2v) is 6.55. The van der Waals surface area contributed by atoms with Crippen molar-refractivity contribution in [1.29, 1.82) is 0 Å². The van der Waals surface area contributed by atoms with E-state index in [1.165, 1.54) is 4.90 Å². The first-order chi connectivity index (χ1) is 10.1. The first-order valence-corrected chi connectivity index (χ1v) is 8.46. The minimum Gasteiger partial charge on any atom is -0.399 e. The summed E-state index contributed by atoms with van der Waals surface area (Å²) in [7, 11) is 0. The molecule has 0 bridgehead atoms. The number of carbonyl (C=O) groups excluding carboxylic acids is 1. The van der Waals surface area contributed by atoms with Crippen molar-refractivity contribution in [2.75, 3.05) is 16.8 Å². The van der Waals surface area contributed by atoms with E-state index < -0.39 is 0 Å². The number of carbonyl (C=O) groups is 1. The third kappa shape index (κ3) is 5.44. The Morgan fingerprint density at radius 1 is 1.19 bits per heavy atom. The first kappa shape index (κ1) is 15.9. The van der Waals surface area contributed by atoms with Crippen LogP contribution in [0, 0.1) is 0 Å². The summed E-state index contributed by atoms with van der Waals surface area (Å²) in [4.78, 5) is 13.0. The number of anilines is 2. The average molecular weight is 365 g/mol. The lowest BCUT2D eigenvalue weighted by atomic mass is 10.2. The maximum absolute atomic E-state index is 11.8. The zero-order valence-electron chi connectivity index (χ0n) is 11.5. The molecule has 0 aromatic heterocycles. The molecule has 2 aromatic carbocycles. The lowest BCUT2D eigenvalue weighted by Crippen LogP contribution is -2.11. The van der Waals surface area contributed by atoms with Gasteiger partial charge < -0.3 is 11.1 Å². The molecule has 0 fully saturated rings. The monoisotopic (exact) mass is 364 g/mol. The normalized spacial score (nSPS) is 10.3. The van der Waals surface area contributed by atoms with E-state index in [0.717, 1.165) is 22.3 Å². The summed E-state index contributed by atoms with van der Waals surface area (Å²) < 4.78 is 1.10. The molecule has 0 radical (unpaired) electrons. The molecule has 0 unspecified atom stereocenters. The van der Waals surface area contributed by atoms with Gasteiger partial charge in [-0.1, -0.05) is 18.2 Å². The van der Waals surface area contributed by atoms with Crippen LogP contribution in [-0.4, -0.2) is 11.7 Å². The number of nitrogens with one attached hydrogen (secondary N) is 1. The van der Waals surface area contributed by atoms with Crippen LogP contribution in [0.3, 0.4) is 0 Å². The van der Waals surface area contributed by atoms with E-state index in [1.54, 1.807) is 23.9 Å². The van der Waals surface area contributed by atoms with Gasteiger partial charge in [-0.3, -0.25) is 4.79 Å². The highest BCUT2D eigenvalue weighted by atomic mass is 79.9. The second kappa shape index (κ2) is 8.10. The molecule has 3 N–H and O–H groups in total. The third-order valence-corrected chi connectivity index (χ3v) is 4.93. The molecule has 0 heterocycles. The highest BCUT2D eigenvalue weighted by Crippen LogP contribution is 2.27. The molecule has 3 nitrogen and oxygen atoms in total. The van der Waals surface area contributed by atoms with Gasteiger partial charge in [-0.05, 0) is 58.4 Å². The van der Waals surface area contributed by atoms with Crippen LogP contribution >= 0.6 is 27.7 Å². The van der Waals surface area contributed by atoms with Crippen LogP contribution in [0.2, 0.25) is 0 Å². The number of hydrogen-bond donors (Lipinski definition) is 2. The van der Waals surface area contributed by atoms with E-state index in [2.05, 4.69) is 27.3 Å². The van der Waals surface area contributed by atoms with Crippen molar-refractivity contribution >= 4 is 45.0 Å². The van der Waals surface area contributed by atoms with Crippen molar-refractivity contribution in [3.05, 3.63) is 53.0 Å². The largest absolute Gasteiger partial charge is 0.399 e. The number of hydrogen-bond acceptors (Lipinski definition) is 3. The minimum atomic E-state index is 0.0216. The van der Waals surface area contributed by atoms with Crippen LogP contribution in [0.4, 0.5) is 11.4 Å². The Kier molecular flexibility index (Phi) is 6.14. The van der Waals surface area contributed by atoms with Crippen LogP contribution in [0.5, 0.6) is 0 Å². The molecule has 0 saturated carbocycles. The minimum absolute atomic E-state index is 0.0216. The molecule has 1 amide bonds. The van der Waals surface area contributed by atoms with Crippen molar-refractivity contribution in [2.45, 2.75) is 17.7 Å². The zero-order chi connectivity index (χ0) is 15.1. The van der Waals surface area contributed by atoms with Gasteiger partial charge in [0.2, 0.25) is 5.91 Å². The van der Waals surface area contributed by atoms with Crippen LogP contribution < -0.4 is 11.1 Å². The van der Waals surface area contributed by atoms with Crippen LogP contribution in [0.1, 0.15) is 12.8 Å². The van der Waals surface area contributed by atoms with Crippen molar-refractivity contribution in [2.24, 2.45) is 0 Å². The summed E-state index contributed by atoms with van der Waals surface area (Å²) in [5.41, 5.74) is 7.07. The lowest BCUT2D eigenvalue weighted by molar-refractivity contribution is -0.116. The second-order valence-electron chi connectivity index (χ2n) is 4.56. The lowest BCUT2D eigenvalue weighted by Gasteiger charge is -2.06. The molecule has 0 saturated heterocycles. The Morgan fingerprint density at radius 2 is 2.00 bits per heavy atom. The van der Waals surface area contributed by atoms with Gasteiger partial charge in [-0.25, -0.2) is 0 Å². The van der Waals surface area contributed by atoms with Gasteiger partial charge in [0, 0.05) is 27.2 Å². The molecule has 0 spiro atoms. The van der Waals surface area contributed by atoms with Crippen molar-refractivity contribution in [3.63, 3.8) is 0 Å². The molecule has 0 aliphatic carbocycles. The van der Waals surface area contributed by atoms with E-state index in [9.17, 15) is 4.79 Å². The van der Waals surface area contributed by atoms with Crippen LogP contribution in [-0.2, 0) is 4.79 Å². The Hall–Kier alpha value is -1.46. The first-order valence-electron chi connectivity index (χ1n) is 6.68. The molecule has 0 atom stereocenters. The molecule has 110 valence electrons. The number of halogens is 1.